The number of hydrogen-bond acceptors (Lipinski definition) is 4. The standard InChI is InChI=1S/C12H13N3O3/c1-3-11-13-7-8-14(11)9-5-4-6-10(18-2)12(9)15(16)17/h4-8H,3H2,1-2H3. The number of methoxy groups -OCH3 is 1. The molecule has 0 radical (unpaired) electrons. The predicted octanol–water partition coefficient (Wildman–Crippen LogP) is 2.35. The molecule has 18 heavy (non-hydrogen) atoms. The Morgan fingerprint density at radius 1 is 1.50 bits per heavy atom. The number of para-hydroxylation sites is 1. The summed E-state index contributed by atoms with van der Waals surface area (Å²) in [7, 11) is 1.42. The van der Waals surface area contributed by atoms with Gasteiger partial charge < -0.3 is 4.74 Å². The van der Waals surface area contributed by atoms with Gasteiger partial charge in [-0.25, -0.2) is 4.98 Å². The zero-order chi connectivity index (χ0) is 13.1. The van der Waals surface area contributed by atoms with Crippen LogP contribution < -0.4 is 4.74 Å². The molecule has 0 spiro atoms. The summed E-state index contributed by atoms with van der Waals surface area (Å²) in [6.07, 6.45) is 4.03. The fourth-order valence-corrected chi connectivity index (χ4v) is 1.87. The number of rotatable bonds is 4. The molecule has 0 unspecified atom stereocenters. The minimum Gasteiger partial charge on any atom is -0.490 e. The maximum Gasteiger partial charge on any atom is 0.334 e. The minimum absolute atomic E-state index is 0.0484. The van der Waals surface area contributed by atoms with E-state index in [2.05, 4.69) is 4.98 Å². The Morgan fingerprint density at radius 3 is 2.89 bits per heavy atom. The molecule has 0 N–H and O–H groups in total. The van der Waals surface area contributed by atoms with E-state index in [-0.39, 0.29) is 11.4 Å². The summed E-state index contributed by atoms with van der Waals surface area (Å²) in [5.74, 6) is 1.01. The van der Waals surface area contributed by atoms with E-state index in [0.29, 0.717) is 12.1 Å². The van der Waals surface area contributed by atoms with Crippen molar-refractivity contribution in [3.63, 3.8) is 0 Å². The van der Waals surface area contributed by atoms with Crippen molar-refractivity contribution in [2.24, 2.45) is 0 Å². The molecule has 2 aromatic rings. The lowest BCUT2D eigenvalue weighted by Crippen LogP contribution is -2.04. The van der Waals surface area contributed by atoms with Crippen LogP contribution >= 0.6 is 0 Å². The van der Waals surface area contributed by atoms with Gasteiger partial charge in [-0.1, -0.05) is 13.0 Å². The highest BCUT2D eigenvalue weighted by Gasteiger charge is 2.22. The zero-order valence-electron chi connectivity index (χ0n) is 10.2. The Morgan fingerprint density at radius 2 is 2.28 bits per heavy atom. The Kier molecular flexibility index (Phi) is 3.27. The van der Waals surface area contributed by atoms with Crippen molar-refractivity contribution in [1.29, 1.82) is 0 Å². The van der Waals surface area contributed by atoms with E-state index >= 15 is 0 Å². The number of aryl methyl sites for hydroxylation is 1. The van der Waals surface area contributed by atoms with Gasteiger partial charge in [0.15, 0.2) is 5.75 Å². The number of nitro groups is 1. The normalized spacial score (nSPS) is 10.3. The molecule has 0 aliphatic carbocycles. The van der Waals surface area contributed by atoms with Crippen molar-refractivity contribution >= 4 is 5.69 Å². The molecule has 6 nitrogen and oxygen atoms in total. The molecule has 0 aliphatic rings. The van der Waals surface area contributed by atoms with Crippen LogP contribution in [0.5, 0.6) is 5.75 Å². The summed E-state index contributed by atoms with van der Waals surface area (Å²) < 4.78 is 6.75. The van der Waals surface area contributed by atoms with E-state index in [0.717, 1.165) is 5.82 Å². The minimum atomic E-state index is -0.437. The maximum absolute atomic E-state index is 11.2. The molecular formula is C12H13N3O3. The topological polar surface area (TPSA) is 70.2 Å². The van der Waals surface area contributed by atoms with Gasteiger partial charge >= 0.3 is 5.69 Å². The van der Waals surface area contributed by atoms with Crippen molar-refractivity contribution in [3.05, 3.63) is 46.5 Å². The molecule has 2 rings (SSSR count). The summed E-state index contributed by atoms with van der Waals surface area (Å²) in [5, 5.41) is 11.2. The van der Waals surface area contributed by atoms with E-state index < -0.39 is 4.92 Å². The largest absolute Gasteiger partial charge is 0.490 e. The van der Waals surface area contributed by atoms with Gasteiger partial charge in [-0.15, -0.1) is 0 Å². The summed E-state index contributed by atoms with van der Waals surface area (Å²) in [6.45, 7) is 1.95. The molecule has 6 heteroatoms. The van der Waals surface area contributed by atoms with Crippen LogP contribution in [0.15, 0.2) is 30.6 Å². The lowest BCUT2D eigenvalue weighted by atomic mass is 10.2. The molecule has 0 bridgehead atoms. The molecule has 1 aromatic carbocycles. The zero-order valence-corrected chi connectivity index (χ0v) is 10.2. The van der Waals surface area contributed by atoms with E-state index in [1.54, 1.807) is 35.2 Å². The first kappa shape index (κ1) is 12.1. The fourth-order valence-electron chi connectivity index (χ4n) is 1.87. The van der Waals surface area contributed by atoms with E-state index in [9.17, 15) is 10.1 Å². The monoisotopic (exact) mass is 247 g/mol. The number of benzene rings is 1. The molecule has 0 saturated heterocycles. The van der Waals surface area contributed by atoms with Gasteiger partial charge in [-0.2, -0.15) is 0 Å². The van der Waals surface area contributed by atoms with Crippen LogP contribution in [-0.4, -0.2) is 21.6 Å². The molecule has 1 aromatic heterocycles. The van der Waals surface area contributed by atoms with Crippen LogP contribution in [0.1, 0.15) is 12.7 Å². The van der Waals surface area contributed by atoms with Crippen molar-refractivity contribution in [2.45, 2.75) is 13.3 Å². The van der Waals surface area contributed by atoms with Gasteiger partial charge in [0.2, 0.25) is 0 Å². The summed E-state index contributed by atoms with van der Waals surface area (Å²) in [4.78, 5) is 14.9. The molecule has 0 amide bonds. The number of hydrogen-bond donors (Lipinski definition) is 0. The highest BCUT2D eigenvalue weighted by Crippen LogP contribution is 2.33. The highest BCUT2D eigenvalue weighted by molar-refractivity contribution is 5.61. The number of aromatic nitrogens is 2. The number of ether oxygens (including phenoxy) is 1. The fraction of sp³-hybridized carbons (Fsp3) is 0.250. The maximum atomic E-state index is 11.2. The molecule has 94 valence electrons. The van der Waals surface area contributed by atoms with Crippen molar-refractivity contribution in [3.8, 4) is 11.4 Å². The summed E-state index contributed by atoms with van der Waals surface area (Å²) in [6, 6.07) is 4.98. The van der Waals surface area contributed by atoms with Gasteiger partial charge in [-0.3, -0.25) is 14.7 Å². The number of nitro benzene ring substituents is 1. The Labute approximate surface area is 104 Å². The third-order valence-electron chi connectivity index (χ3n) is 2.67. The highest BCUT2D eigenvalue weighted by atomic mass is 16.6. The predicted molar refractivity (Wildman–Crippen MR) is 66.1 cm³/mol. The summed E-state index contributed by atoms with van der Waals surface area (Å²) in [5.41, 5.74) is 0.418. The second kappa shape index (κ2) is 4.87. The summed E-state index contributed by atoms with van der Waals surface area (Å²) >= 11 is 0. The molecular weight excluding hydrogens is 234 g/mol. The first-order chi connectivity index (χ1) is 8.69. The van der Waals surface area contributed by atoms with Crippen molar-refractivity contribution in [2.75, 3.05) is 7.11 Å². The van der Waals surface area contributed by atoms with Gasteiger partial charge in [0.25, 0.3) is 0 Å². The smallest absolute Gasteiger partial charge is 0.334 e. The van der Waals surface area contributed by atoms with Crippen LogP contribution in [0, 0.1) is 10.1 Å². The molecule has 1 heterocycles. The van der Waals surface area contributed by atoms with E-state index in [1.807, 2.05) is 6.92 Å². The van der Waals surface area contributed by atoms with E-state index in [4.69, 9.17) is 4.74 Å². The lowest BCUT2D eigenvalue weighted by molar-refractivity contribution is -0.385. The third-order valence-corrected chi connectivity index (χ3v) is 2.67. The first-order valence-electron chi connectivity index (χ1n) is 5.53. The Balaban J connectivity index is 2.67. The number of nitrogens with zero attached hydrogens (tertiary/aromatic N) is 3. The second-order valence-electron chi connectivity index (χ2n) is 3.65. The van der Waals surface area contributed by atoms with Crippen LogP contribution in [0.25, 0.3) is 5.69 Å². The Hall–Kier alpha value is -2.37. The lowest BCUT2D eigenvalue weighted by Gasteiger charge is -2.09. The van der Waals surface area contributed by atoms with Crippen LogP contribution in [0.2, 0.25) is 0 Å². The quantitative estimate of drug-likeness (QED) is 0.614. The molecule has 0 saturated carbocycles. The molecule has 0 fully saturated rings. The van der Waals surface area contributed by atoms with Crippen molar-refractivity contribution < 1.29 is 9.66 Å². The van der Waals surface area contributed by atoms with Crippen molar-refractivity contribution in [1.82, 2.24) is 9.55 Å². The van der Waals surface area contributed by atoms with Gasteiger partial charge in [0.05, 0.1) is 12.0 Å². The molecule has 0 aliphatic heterocycles. The van der Waals surface area contributed by atoms with Gasteiger partial charge in [-0.05, 0) is 12.1 Å². The van der Waals surface area contributed by atoms with Crippen LogP contribution in [0.4, 0.5) is 5.69 Å². The average Bonchev–Trinajstić information content (AvgIpc) is 2.85. The number of imidazole rings is 1. The average molecular weight is 247 g/mol. The van der Waals surface area contributed by atoms with E-state index in [1.165, 1.54) is 7.11 Å². The van der Waals surface area contributed by atoms with Gasteiger partial charge in [0.1, 0.15) is 11.5 Å². The Bertz CT molecular complexity index is 578. The SMILES string of the molecule is CCc1nccn1-c1cccc(OC)c1[N+](=O)[O-]. The third kappa shape index (κ3) is 1.92. The van der Waals surface area contributed by atoms with Gasteiger partial charge in [0, 0.05) is 18.8 Å². The second-order valence-corrected chi connectivity index (χ2v) is 3.65. The first-order valence-corrected chi connectivity index (χ1v) is 5.53. The van der Waals surface area contributed by atoms with Crippen LogP contribution in [0.3, 0.4) is 0 Å². The van der Waals surface area contributed by atoms with Crippen LogP contribution in [-0.2, 0) is 6.42 Å². The molecule has 0 atom stereocenters.